The lowest BCUT2D eigenvalue weighted by Gasteiger charge is -2.16. The maximum absolute atomic E-state index is 10.1. The summed E-state index contributed by atoms with van der Waals surface area (Å²) in [6.07, 6.45) is 10.8. The summed E-state index contributed by atoms with van der Waals surface area (Å²) in [7, 11) is -1.35. The highest BCUT2D eigenvalue weighted by Crippen LogP contribution is 2.16. The van der Waals surface area contributed by atoms with Crippen molar-refractivity contribution in [2.45, 2.75) is 78.1 Å². The number of aliphatic hydroxyl groups excluding tert-OH is 1. The molecule has 110 valence electrons. The van der Waals surface area contributed by atoms with Crippen molar-refractivity contribution in [3.05, 3.63) is 12.2 Å². The molecule has 1 nitrogen and oxygen atoms in total. The van der Waals surface area contributed by atoms with Gasteiger partial charge in [0.2, 0.25) is 0 Å². The SMILES string of the molecule is C/C=C/[C@H](O)[C@@H](C#C[Si](C)(C)C)CCCCCCC. The summed E-state index contributed by atoms with van der Waals surface area (Å²) in [5.41, 5.74) is 3.41. The fraction of sp³-hybridized carbons (Fsp3) is 0.765. The Morgan fingerprint density at radius 2 is 1.74 bits per heavy atom. The first-order chi connectivity index (χ1) is 8.90. The van der Waals surface area contributed by atoms with Gasteiger partial charge in [-0.05, 0) is 13.3 Å². The summed E-state index contributed by atoms with van der Waals surface area (Å²) in [5, 5.41) is 10.1. The van der Waals surface area contributed by atoms with Crippen LogP contribution >= 0.6 is 0 Å². The minimum atomic E-state index is -1.35. The molecule has 0 saturated heterocycles. The first kappa shape index (κ1) is 18.5. The molecule has 0 rings (SSSR count). The van der Waals surface area contributed by atoms with Gasteiger partial charge in [0.05, 0.1) is 6.10 Å². The van der Waals surface area contributed by atoms with Crippen molar-refractivity contribution >= 4 is 8.07 Å². The Labute approximate surface area is 121 Å². The van der Waals surface area contributed by atoms with E-state index in [1.54, 1.807) is 0 Å². The molecule has 0 saturated carbocycles. The third-order valence-electron chi connectivity index (χ3n) is 3.05. The van der Waals surface area contributed by atoms with Crippen LogP contribution in [0.25, 0.3) is 0 Å². The lowest BCUT2D eigenvalue weighted by Crippen LogP contribution is -2.20. The normalized spacial score (nSPS) is 15.1. The van der Waals surface area contributed by atoms with Gasteiger partial charge < -0.3 is 5.11 Å². The molecule has 0 aliphatic carbocycles. The monoisotopic (exact) mass is 280 g/mol. The number of aliphatic hydroxyl groups is 1. The van der Waals surface area contributed by atoms with Crippen molar-refractivity contribution in [1.29, 1.82) is 0 Å². The van der Waals surface area contributed by atoms with Crippen molar-refractivity contribution in [2.24, 2.45) is 5.92 Å². The molecule has 0 fully saturated rings. The molecule has 0 spiro atoms. The summed E-state index contributed by atoms with van der Waals surface area (Å²) in [4.78, 5) is 0. The molecular formula is C17H32OSi. The van der Waals surface area contributed by atoms with Crippen molar-refractivity contribution in [3.63, 3.8) is 0 Å². The second-order valence-electron chi connectivity index (χ2n) is 6.35. The van der Waals surface area contributed by atoms with Gasteiger partial charge in [-0.15, -0.1) is 11.5 Å². The van der Waals surface area contributed by atoms with Crippen LogP contribution < -0.4 is 0 Å². The molecular weight excluding hydrogens is 248 g/mol. The zero-order valence-electron chi connectivity index (χ0n) is 13.5. The van der Waals surface area contributed by atoms with E-state index in [1.165, 1.54) is 32.1 Å². The number of allylic oxidation sites excluding steroid dienone is 1. The van der Waals surface area contributed by atoms with E-state index in [1.807, 2.05) is 19.1 Å². The first-order valence-electron chi connectivity index (χ1n) is 7.74. The molecule has 19 heavy (non-hydrogen) atoms. The topological polar surface area (TPSA) is 20.2 Å². The highest BCUT2D eigenvalue weighted by atomic mass is 28.3. The van der Waals surface area contributed by atoms with Gasteiger partial charge in [0.15, 0.2) is 0 Å². The smallest absolute Gasteiger partial charge is 0.129 e. The Bertz CT molecular complexity index is 303. The summed E-state index contributed by atoms with van der Waals surface area (Å²) >= 11 is 0. The van der Waals surface area contributed by atoms with E-state index in [0.29, 0.717) is 0 Å². The number of rotatable bonds is 8. The fourth-order valence-electron chi connectivity index (χ4n) is 1.94. The predicted molar refractivity (Wildman–Crippen MR) is 88.8 cm³/mol. The highest BCUT2D eigenvalue weighted by Gasteiger charge is 2.15. The molecule has 0 unspecified atom stereocenters. The average molecular weight is 281 g/mol. The van der Waals surface area contributed by atoms with Crippen LogP contribution in [0.2, 0.25) is 19.6 Å². The van der Waals surface area contributed by atoms with E-state index in [0.717, 1.165) is 6.42 Å². The van der Waals surface area contributed by atoms with Crippen LogP contribution in [0.1, 0.15) is 52.4 Å². The average Bonchev–Trinajstić information content (AvgIpc) is 2.31. The van der Waals surface area contributed by atoms with Crippen LogP contribution in [0.15, 0.2) is 12.2 Å². The largest absolute Gasteiger partial charge is 0.388 e. The maximum atomic E-state index is 10.1. The molecule has 0 aromatic rings. The van der Waals surface area contributed by atoms with Crippen molar-refractivity contribution < 1.29 is 5.11 Å². The summed E-state index contributed by atoms with van der Waals surface area (Å²) in [6.45, 7) is 10.9. The lowest BCUT2D eigenvalue weighted by atomic mass is 9.95. The fourth-order valence-corrected chi connectivity index (χ4v) is 2.56. The van der Waals surface area contributed by atoms with Gasteiger partial charge in [0.25, 0.3) is 0 Å². The van der Waals surface area contributed by atoms with Crippen molar-refractivity contribution in [2.75, 3.05) is 0 Å². The molecule has 2 atom stereocenters. The molecule has 1 N–H and O–H groups in total. The maximum Gasteiger partial charge on any atom is 0.129 e. The van der Waals surface area contributed by atoms with Crippen molar-refractivity contribution in [3.8, 4) is 11.5 Å². The van der Waals surface area contributed by atoms with Crippen molar-refractivity contribution in [1.82, 2.24) is 0 Å². The minimum absolute atomic E-state index is 0.115. The third-order valence-corrected chi connectivity index (χ3v) is 3.95. The molecule has 0 heterocycles. The lowest BCUT2D eigenvalue weighted by molar-refractivity contribution is 0.174. The number of unbranched alkanes of at least 4 members (excludes halogenated alkanes) is 4. The van der Waals surface area contributed by atoms with Gasteiger partial charge in [-0.25, -0.2) is 0 Å². The minimum Gasteiger partial charge on any atom is -0.388 e. The second kappa shape index (κ2) is 10.3. The van der Waals surface area contributed by atoms with Gasteiger partial charge in [0, 0.05) is 5.92 Å². The molecule has 2 heteroatoms. The Morgan fingerprint density at radius 3 is 2.26 bits per heavy atom. The quantitative estimate of drug-likeness (QED) is 0.293. The molecule has 0 aromatic carbocycles. The Balaban J connectivity index is 4.38. The standard InChI is InChI=1S/C17H32OSi/c1-6-8-9-10-11-13-16(17(18)12-7-2)14-15-19(3,4)5/h7,12,16-18H,6,8-11,13H2,1-5H3/b12-7+/t16-,17+/m1/s1. The van der Waals surface area contributed by atoms with Gasteiger partial charge in [-0.3, -0.25) is 0 Å². The second-order valence-corrected chi connectivity index (χ2v) is 11.1. The Hall–Kier alpha value is -0.523. The van der Waals surface area contributed by atoms with E-state index in [-0.39, 0.29) is 5.92 Å². The molecule has 0 aliphatic rings. The summed E-state index contributed by atoms with van der Waals surface area (Å²) in [6, 6.07) is 0. The molecule has 0 bridgehead atoms. The zero-order chi connectivity index (χ0) is 14.7. The van der Waals surface area contributed by atoms with Crippen LogP contribution in [0.3, 0.4) is 0 Å². The van der Waals surface area contributed by atoms with Crippen LogP contribution in [0.4, 0.5) is 0 Å². The number of hydrogen-bond acceptors (Lipinski definition) is 1. The van der Waals surface area contributed by atoms with Crippen LogP contribution in [-0.4, -0.2) is 19.3 Å². The van der Waals surface area contributed by atoms with E-state index >= 15 is 0 Å². The third kappa shape index (κ3) is 11.0. The van der Waals surface area contributed by atoms with Crippen LogP contribution in [-0.2, 0) is 0 Å². The summed E-state index contributed by atoms with van der Waals surface area (Å²) < 4.78 is 0. The molecule has 0 amide bonds. The number of hydrogen-bond donors (Lipinski definition) is 1. The Morgan fingerprint density at radius 1 is 1.11 bits per heavy atom. The molecule has 0 radical (unpaired) electrons. The zero-order valence-corrected chi connectivity index (χ0v) is 14.5. The van der Waals surface area contributed by atoms with Gasteiger partial charge >= 0.3 is 0 Å². The van der Waals surface area contributed by atoms with E-state index in [2.05, 4.69) is 38.0 Å². The highest BCUT2D eigenvalue weighted by molar-refractivity contribution is 6.83. The molecule has 0 aromatic heterocycles. The summed E-state index contributed by atoms with van der Waals surface area (Å²) in [5.74, 6) is 3.46. The van der Waals surface area contributed by atoms with Crippen LogP contribution in [0, 0.1) is 17.4 Å². The Kier molecular flexibility index (Phi) is 10.0. The van der Waals surface area contributed by atoms with Crippen LogP contribution in [0.5, 0.6) is 0 Å². The first-order valence-corrected chi connectivity index (χ1v) is 11.2. The van der Waals surface area contributed by atoms with Gasteiger partial charge in [-0.1, -0.05) is 70.8 Å². The van der Waals surface area contributed by atoms with Gasteiger partial charge in [-0.2, -0.15) is 0 Å². The predicted octanol–water partition coefficient (Wildman–Crippen LogP) is 4.78. The van der Waals surface area contributed by atoms with E-state index in [4.69, 9.17) is 0 Å². The van der Waals surface area contributed by atoms with E-state index in [9.17, 15) is 5.11 Å². The van der Waals surface area contributed by atoms with E-state index < -0.39 is 14.2 Å². The van der Waals surface area contributed by atoms with Gasteiger partial charge in [0.1, 0.15) is 8.07 Å². The molecule has 0 aliphatic heterocycles.